The molecule has 2 aromatic heterocycles. The molecule has 1 aliphatic carbocycles. The second kappa shape index (κ2) is 8.44. The second-order valence-electron chi connectivity index (χ2n) is 6.78. The number of nitriles is 1. The highest BCUT2D eigenvalue weighted by Gasteiger charge is 2.21. The minimum absolute atomic E-state index is 0.669. The Morgan fingerprint density at radius 1 is 1.21 bits per heavy atom. The van der Waals surface area contributed by atoms with Crippen LogP contribution in [0, 0.1) is 18.3 Å². The molecule has 1 aromatic carbocycles. The largest absolute Gasteiger partial charge is 0.493 e. The first-order valence-corrected chi connectivity index (χ1v) is 11.2. The number of ether oxygens (including phenoxy) is 2. The highest BCUT2D eigenvalue weighted by atomic mass is 32.2. The zero-order valence-corrected chi connectivity index (χ0v) is 18.2. The average Bonchev–Trinajstić information content (AvgIpc) is 3.41. The summed E-state index contributed by atoms with van der Waals surface area (Å²) in [5.41, 5.74) is 6.11. The van der Waals surface area contributed by atoms with Crippen molar-refractivity contribution in [3.05, 3.63) is 51.7 Å². The smallest absolute Gasteiger partial charge is 0.170 e. The summed E-state index contributed by atoms with van der Waals surface area (Å²) in [6, 6.07) is 8.15. The van der Waals surface area contributed by atoms with Crippen LogP contribution < -0.4 is 9.47 Å². The number of aromatic nitrogens is 2. The fraction of sp³-hybridized carbons (Fsp3) is 0.318. The van der Waals surface area contributed by atoms with E-state index in [0.29, 0.717) is 22.8 Å². The molecule has 3 aromatic rings. The van der Waals surface area contributed by atoms with E-state index in [1.165, 1.54) is 5.56 Å². The Hall–Kier alpha value is -2.56. The van der Waals surface area contributed by atoms with Gasteiger partial charge in [-0.2, -0.15) is 5.26 Å². The molecule has 29 heavy (non-hydrogen) atoms. The Morgan fingerprint density at radius 2 is 2.07 bits per heavy atom. The Morgan fingerprint density at radius 3 is 2.83 bits per heavy atom. The lowest BCUT2D eigenvalue weighted by Gasteiger charge is -2.11. The second-order valence-corrected chi connectivity index (χ2v) is 8.60. The summed E-state index contributed by atoms with van der Waals surface area (Å²) in [6.07, 6.45) is 3.16. The zero-order valence-electron chi connectivity index (χ0n) is 16.6. The van der Waals surface area contributed by atoms with E-state index in [9.17, 15) is 5.26 Å². The molecule has 0 unspecified atom stereocenters. The van der Waals surface area contributed by atoms with Crippen LogP contribution in [0.5, 0.6) is 11.5 Å². The molecule has 5 nitrogen and oxygen atoms in total. The van der Waals surface area contributed by atoms with Gasteiger partial charge in [-0.05, 0) is 49.4 Å². The van der Waals surface area contributed by atoms with Crippen molar-refractivity contribution in [3.63, 3.8) is 0 Å². The molecule has 0 aliphatic heterocycles. The van der Waals surface area contributed by atoms with Gasteiger partial charge in [-0.3, -0.25) is 0 Å². The molecular formula is C22H21N3O2S2. The van der Waals surface area contributed by atoms with Crippen LogP contribution in [0.15, 0.2) is 28.6 Å². The van der Waals surface area contributed by atoms with E-state index in [1.54, 1.807) is 37.3 Å². The van der Waals surface area contributed by atoms with Crippen LogP contribution in [0.4, 0.5) is 0 Å². The van der Waals surface area contributed by atoms with Crippen LogP contribution in [0.3, 0.4) is 0 Å². The Labute approximate surface area is 178 Å². The minimum Gasteiger partial charge on any atom is -0.493 e. The molecule has 0 saturated heterocycles. The molecule has 0 fully saturated rings. The highest BCUT2D eigenvalue weighted by Crippen LogP contribution is 2.40. The number of thioether (sulfide) groups is 1. The van der Waals surface area contributed by atoms with Crippen molar-refractivity contribution >= 4 is 23.1 Å². The maximum atomic E-state index is 9.64. The van der Waals surface area contributed by atoms with Gasteiger partial charge in [0.25, 0.3) is 0 Å². The van der Waals surface area contributed by atoms with Gasteiger partial charge in [-0.15, -0.1) is 11.3 Å². The summed E-state index contributed by atoms with van der Waals surface area (Å²) in [5.74, 6) is 2.04. The van der Waals surface area contributed by atoms with Crippen molar-refractivity contribution in [3.8, 4) is 28.1 Å². The summed E-state index contributed by atoms with van der Waals surface area (Å²) in [5, 5.41) is 13.4. The third-order valence-electron chi connectivity index (χ3n) is 5.12. The first-order valence-electron chi connectivity index (χ1n) is 9.37. The summed E-state index contributed by atoms with van der Waals surface area (Å²) in [4.78, 5) is 9.58. The first-order chi connectivity index (χ1) is 14.2. The van der Waals surface area contributed by atoms with Crippen LogP contribution in [-0.4, -0.2) is 24.2 Å². The normalized spacial score (nSPS) is 12.5. The predicted octanol–water partition coefficient (Wildman–Crippen LogP) is 5.18. The number of aryl methyl sites for hydroxylation is 1. The fourth-order valence-corrected chi connectivity index (χ4v) is 5.57. The molecule has 1 aliphatic rings. The average molecular weight is 424 g/mol. The van der Waals surface area contributed by atoms with Crippen molar-refractivity contribution in [2.75, 3.05) is 14.2 Å². The number of thiazole rings is 1. The third-order valence-corrected chi connectivity index (χ3v) is 7.05. The van der Waals surface area contributed by atoms with Gasteiger partial charge in [0.15, 0.2) is 11.5 Å². The SMILES string of the molecule is COc1cccc(-c2nc(CSc3nc4c(c(C)c3C#N)CCC4)cs2)c1OC. The lowest BCUT2D eigenvalue weighted by molar-refractivity contribution is 0.356. The summed E-state index contributed by atoms with van der Waals surface area (Å²) < 4.78 is 10.9. The number of benzene rings is 1. The molecule has 0 saturated carbocycles. The van der Waals surface area contributed by atoms with Gasteiger partial charge in [0.2, 0.25) is 0 Å². The summed E-state index contributed by atoms with van der Waals surface area (Å²) in [7, 11) is 3.26. The third kappa shape index (κ3) is 3.70. The number of methoxy groups -OCH3 is 2. The van der Waals surface area contributed by atoms with Gasteiger partial charge in [0.1, 0.15) is 16.1 Å². The standard InChI is InChI=1S/C22H21N3O2S2/c1-13-15-6-4-8-18(15)25-22(17(13)10-23)29-12-14-11-28-21(24-14)16-7-5-9-19(26-2)20(16)27-3/h5,7,9,11H,4,6,8,12H2,1-3H3. The van der Waals surface area contributed by atoms with Crippen molar-refractivity contribution in [2.45, 2.75) is 37.0 Å². The number of pyridine rings is 1. The summed E-state index contributed by atoms with van der Waals surface area (Å²) >= 11 is 3.16. The molecule has 7 heteroatoms. The number of hydrogen-bond donors (Lipinski definition) is 0. The predicted molar refractivity (Wildman–Crippen MR) is 116 cm³/mol. The van der Waals surface area contributed by atoms with Gasteiger partial charge >= 0.3 is 0 Å². The molecule has 148 valence electrons. The molecule has 0 spiro atoms. The number of para-hydroxylation sites is 1. The number of fused-ring (bicyclic) bond motifs is 1. The van der Waals surface area contributed by atoms with E-state index in [4.69, 9.17) is 19.4 Å². The van der Waals surface area contributed by atoms with Gasteiger partial charge in [-0.1, -0.05) is 17.8 Å². The zero-order chi connectivity index (χ0) is 20.4. The van der Waals surface area contributed by atoms with E-state index in [2.05, 4.69) is 6.07 Å². The monoisotopic (exact) mass is 423 g/mol. The van der Waals surface area contributed by atoms with Crippen LogP contribution in [0.2, 0.25) is 0 Å². The van der Waals surface area contributed by atoms with Gasteiger partial charge in [0.05, 0.1) is 31.0 Å². The molecule has 0 atom stereocenters. The van der Waals surface area contributed by atoms with Crippen LogP contribution in [0.25, 0.3) is 10.6 Å². The molecule has 0 bridgehead atoms. The summed E-state index contributed by atoms with van der Waals surface area (Å²) in [6.45, 7) is 2.05. The number of rotatable bonds is 6. The minimum atomic E-state index is 0.669. The van der Waals surface area contributed by atoms with Crippen molar-refractivity contribution < 1.29 is 9.47 Å². The van der Waals surface area contributed by atoms with Crippen molar-refractivity contribution in [1.82, 2.24) is 9.97 Å². The van der Waals surface area contributed by atoms with Crippen LogP contribution in [0.1, 0.15) is 34.5 Å². The topological polar surface area (TPSA) is 68.0 Å². The molecule has 2 heterocycles. The Balaban J connectivity index is 1.58. The van der Waals surface area contributed by atoms with Crippen LogP contribution in [-0.2, 0) is 18.6 Å². The number of nitrogens with zero attached hydrogens (tertiary/aromatic N) is 3. The molecule has 0 radical (unpaired) electrons. The van der Waals surface area contributed by atoms with Crippen molar-refractivity contribution in [1.29, 1.82) is 5.26 Å². The van der Waals surface area contributed by atoms with E-state index in [1.807, 2.05) is 30.5 Å². The van der Waals surface area contributed by atoms with E-state index in [-0.39, 0.29) is 0 Å². The highest BCUT2D eigenvalue weighted by molar-refractivity contribution is 7.98. The van der Waals surface area contributed by atoms with E-state index in [0.717, 1.165) is 51.8 Å². The number of hydrogen-bond acceptors (Lipinski definition) is 7. The van der Waals surface area contributed by atoms with E-state index >= 15 is 0 Å². The molecular weight excluding hydrogens is 402 g/mol. The maximum Gasteiger partial charge on any atom is 0.170 e. The Kier molecular flexibility index (Phi) is 5.74. The Bertz CT molecular complexity index is 1100. The lowest BCUT2D eigenvalue weighted by Crippen LogP contribution is -2.00. The van der Waals surface area contributed by atoms with Crippen LogP contribution >= 0.6 is 23.1 Å². The maximum absolute atomic E-state index is 9.64. The quantitative estimate of drug-likeness (QED) is 0.509. The fourth-order valence-electron chi connectivity index (χ4n) is 3.68. The van der Waals surface area contributed by atoms with Crippen molar-refractivity contribution in [2.24, 2.45) is 0 Å². The lowest BCUT2D eigenvalue weighted by atomic mass is 10.0. The van der Waals surface area contributed by atoms with Gasteiger partial charge in [-0.25, -0.2) is 9.97 Å². The van der Waals surface area contributed by atoms with Gasteiger partial charge < -0.3 is 9.47 Å². The molecule has 0 N–H and O–H groups in total. The van der Waals surface area contributed by atoms with E-state index < -0.39 is 0 Å². The molecule has 0 amide bonds. The first kappa shape index (κ1) is 19.7. The van der Waals surface area contributed by atoms with Gasteiger partial charge in [0, 0.05) is 16.8 Å². The molecule has 4 rings (SSSR count).